The first-order valence-electron chi connectivity index (χ1n) is 8.00. The first-order chi connectivity index (χ1) is 10.6. The van der Waals surface area contributed by atoms with Crippen molar-refractivity contribution >= 4 is 5.91 Å². The highest BCUT2D eigenvalue weighted by molar-refractivity contribution is 5.78. The van der Waals surface area contributed by atoms with Crippen molar-refractivity contribution in [3.63, 3.8) is 0 Å². The van der Waals surface area contributed by atoms with E-state index in [-0.39, 0.29) is 24.6 Å². The topological polar surface area (TPSA) is 70.6 Å². The van der Waals surface area contributed by atoms with Crippen LogP contribution in [-0.4, -0.2) is 42.9 Å². The van der Waals surface area contributed by atoms with Crippen LogP contribution in [0.25, 0.3) is 0 Å². The third-order valence-corrected chi connectivity index (χ3v) is 3.85. The molecule has 5 nitrogen and oxygen atoms in total. The molecule has 1 aliphatic heterocycles. The summed E-state index contributed by atoms with van der Waals surface area (Å²) in [5.74, 6) is -0.0502. The Morgan fingerprint density at radius 3 is 2.86 bits per heavy atom. The third kappa shape index (κ3) is 5.75. The third-order valence-electron chi connectivity index (χ3n) is 3.85. The maximum absolute atomic E-state index is 11.8. The van der Waals surface area contributed by atoms with Gasteiger partial charge in [-0.25, -0.2) is 0 Å². The molecule has 3 N–H and O–H groups in total. The van der Waals surface area contributed by atoms with Crippen molar-refractivity contribution in [2.24, 2.45) is 0 Å². The van der Waals surface area contributed by atoms with E-state index in [1.165, 1.54) is 0 Å². The monoisotopic (exact) mass is 306 g/mol. The Kier molecular flexibility index (Phi) is 6.83. The summed E-state index contributed by atoms with van der Waals surface area (Å²) in [5.41, 5.74) is 0.875. The average Bonchev–Trinajstić information content (AvgIpc) is 3.01. The Bertz CT molecular complexity index is 446. The largest absolute Gasteiger partial charge is 0.388 e. The van der Waals surface area contributed by atoms with Gasteiger partial charge in [0.15, 0.2) is 0 Å². The number of carbonyl (C=O) groups is 1. The highest BCUT2D eigenvalue weighted by atomic mass is 16.5. The molecule has 0 aliphatic carbocycles. The highest BCUT2D eigenvalue weighted by Gasteiger charge is 2.16. The first-order valence-corrected chi connectivity index (χ1v) is 8.00. The predicted octanol–water partition coefficient (Wildman–Crippen LogP) is 1.38. The molecule has 1 amide bonds. The maximum atomic E-state index is 11.8. The van der Waals surface area contributed by atoms with Crippen LogP contribution in [0.15, 0.2) is 30.3 Å². The van der Waals surface area contributed by atoms with E-state index in [4.69, 9.17) is 4.74 Å². The molecule has 1 aliphatic rings. The molecule has 2 rings (SSSR count). The lowest BCUT2D eigenvalue weighted by atomic mass is 10.0. The summed E-state index contributed by atoms with van der Waals surface area (Å²) in [4.78, 5) is 11.8. The Morgan fingerprint density at radius 1 is 1.41 bits per heavy atom. The molecule has 3 atom stereocenters. The van der Waals surface area contributed by atoms with Gasteiger partial charge in [0, 0.05) is 19.2 Å². The van der Waals surface area contributed by atoms with E-state index in [9.17, 15) is 9.90 Å². The van der Waals surface area contributed by atoms with Crippen molar-refractivity contribution in [1.29, 1.82) is 0 Å². The molecule has 0 aromatic heterocycles. The second kappa shape index (κ2) is 8.88. The molecular weight excluding hydrogens is 280 g/mol. The van der Waals surface area contributed by atoms with Crippen molar-refractivity contribution in [3.05, 3.63) is 35.9 Å². The van der Waals surface area contributed by atoms with Gasteiger partial charge in [-0.05, 0) is 31.7 Å². The van der Waals surface area contributed by atoms with Crippen LogP contribution < -0.4 is 10.6 Å². The number of ether oxygens (including phenoxy) is 1. The molecule has 1 aromatic rings. The molecule has 0 bridgehead atoms. The van der Waals surface area contributed by atoms with Gasteiger partial charge in [0.05, 0.1) is 18.8 Å². The molecule has 5 heteroatoms. The normalized spacial score (nSPS) is 20.5. The summed E-state index contributed by atoms with van der Waals surface area (Å²) in [5, 5.41) is 16.2. The van der Waals surface area contributed by atoms with Crippen LogP contribution in [0.3, 0.4) is 0 Å². The number of aliphatic hydroxyl groups excluding tert-OH is 1. The summed E-state index contributed by atoms with van der Waals surface area (Å²) >= 11 is 0. The van der Waals surface area contributed by atoms with Crippen molar-refractivity contribution < 1.29 is 14.6 Å². The summed E-state index contributed by atoms with van der Waals surface area (Å²) in [6.07, 6.45) is 2.35. The Hall–Kier alpha value is -1.43. The Morgan fingerprint density at radius 2 is 2.18 bits per heavy atom. The molecule has 1 heterocycles. The minimum atomic E-state index is -0.559. The summed E-state index contributed by atoms with van der Waals surface area (Å²) in [6, 6.07) is 9.42. The van der Waals surface area contributed by atoms with Gasteiger partial charge >= 0.3 is 0 Å². The van der Waals surface area contributed by atoms with E-state index >= 15 is 0 Å². The fourth-order valence-corrected chi connectivity index (χ4v) is 2.68. The van der Waals surface area contributed by atoms with Crippen LogP contribution in [0.5, 0.6) is 0 Å². The number of hydrogen-bond donors (Lipinski definition) is 3. The maximum Gasteiger partial charge on any atom is 0.234 e. The van der Waals surface area contributed by atoms with Crippen molar-refractivity contribution in [3.8, 4) is 0 Å². The molecule has 3 unspecified atom stereocenters. The zero-order valence-corrected chi connectivity index (χ0v) is 13.1. The number of rotatable bonds is 8. The minimum absolute atomic E-state index is 0.0502. The number of carbonyl (C=O) groups excluding carboxylic acids is 1. The summed E-state index contributed by atoms with van der Waals surface area (Å²) in [7, 11) is 0. The minimum Gasteiger partial charge on any atom is -0.388 e. The van der Waals surface area contributed by atoms with E-state index in [1.807, 2.05) is 37.3 Å². The molecule has 1 saturated heterocycles. The van der Waals surface area contributed by atoms with Crippen LogP contribution in [0.2, 0.25) is 0 Å². The number of hydrogen-bond acceptors (Lipinski definition) is 4. The second-order valence-electron chi connectivity index (χ2n) is 5.90. The van der Waals surface area contributed by atoms with E-state index < -0.39 is 6.10 Å². The van der Waals surface area contributed by atoms with Crippen LogP contribution in [0, 0.1) is 0 Å². The average molecular weight is 306 g/mol. The van der Waals surface area contributed by atoms with Gasteiger partial charge in [-0.2, -0.15) is 0 Å². The van der Waals surface area contributed by atoms with Gasteiger partial charge in [-0.15, -0.1) is 0 Å². The summed E-state index contributed by atoms with van der Waals surface area (Å²) in [6.45, 7) is 3.73. The van der Waals surface area contributed by atoms with Gasteiger partial charge in [0.1, 0.15) is 0 Å². The van der Waals surface area contributed by atoms with Gasteiger partial charge in [0.25, 0.3) is 0 Å². The number of benzene rings is 1. The van der Waals surface area contributed by atoms with Crippen molar-refractivity contribution in [2.45, 2.75) is 44.4 Å². The Labute approximate surface area is 132 Å². The number of nitrogens with one attached hydrogen (secondary N) is 2. The molecular formula is C17H26N2O3. The Balaban J connectivity index is 1.63. The molecule has 122 valence electrons. The van der Waals surface area contributed by atoms with Crippen LogP contribution in [-0.2, 0) is 9.53 Å². The SMILES string of the molecule is CC(CC(O)c1ccccc1)NC(=O)CNCC1CCCO1. The van der Waals surface area contributed by atoms with Crippen molar-refractivity contribution in [1.82, 2.24) is 10.6 Å². The highest BCUT2D eigenvalue weighted by Crippen LogP contribution is 2.17. The number of amides is 1. The molecule has 1 aromatic carbocycles. The lowest BCUT2D eigenvalue weighted by molar-refractivity contribution is -0.121. The van der Waals surface area contributed by atoms with Gasteiger partial charge in [-0.3, -0.25) is 4.79 Å². The fourth-order valence-electron chi connectivity index (χ4n) is 2.68. The van der Waals surface area contributed by atoms with Gasteiger partial charge in [0.2, 0.25) is 5.91 Å². The van der Waals surface area contributed by atoms with E-state index in [0.29, 0.717) is 13.0 Å². The van der Waals surface area contributed by atoms with E-state index in [0.717, 1.165) is 25.0 Å². The molecule has 0 saturated carbocycles. The van der Waals surface area contributed by atoms with Gasteiger partial charge in [-0.1, -0.05) is 30.3 Å². The van der Waals surface area contributed by atoms with E-state index in [1.54, 1.807) is 0 Å². The number of aliphatic hydroxyl groups is 1. The van der Waals surface area contributed by atoms with Crippen LogP contribution >= 0.6 is 0 Å². The van der Waals surface area contributed by atoms with E-state index in [2.05, 4.69) is 10.6 Å². The summed E-state index contributed by atoms with van der Waals surface area (Å²) < 4.78 is 5.49. The predicted molar refractivity (Wildman–Crippen MR) is 85.5 cm³/mol. The zero-order chi connectivity index (χ0) is 15.8. The molecule has 22 heavy (non-hydrogen) atoms. The second-order valence-corrected chi connectivity index (χ2v) is 5.90. The first kappa shape index (κ1) is 16.9. The van der Waals surface area contributed by atoms with Crippen molar-refractivity contribution in [2.75, 3.05) is 19.7 Å². The fraction of sp³-hybridized carbons (Fsp3) is 0.588. The lowest BCUT2D eigenvalue weighted by Gasteiger charge is -2.18. The quantitative estimate of drug-likeness (QED) is 0.679. The lowest BCUT2D eigenvalue weighted by Crippen LogP contribution is -2.41. The van der Waals surface area contributed by atoms with Crippen LogP contribution in [0.4, 0.5) is 0 Å². The molecule has 0 radical (unpaired) electrons. The molecule has 0 spiro atoms. The molecule has 1 fully saturated rings. The zero-order valence-electron chi connectivity index (χ0n) is 13.1. The van der Waals surface area contributed by atoms with Gasteiger partial charge < -0.3 is 20.5 Å². The standard InChI is InChI=1S/C17H26N2O3/c1-13(10-16(20)14-6-3-2-4-7-14)19-17(21)12-18-11-15-8-5-9-22-15/h2-4,6-7,13,15-16,18,20H,5,8-12H2,1H3,(H,19,21). The smallest absolute Gasteiger partial charge is 0.234 e. The van der Waals surface area contributed by atoms with Crippen LogP contribution in [0.1, 0.15) is 37.9 Å².